The first-order valence-corrected chi connectivity index (χ1v) is 8.10. The molecule has 118 valence electrons. The van der Waals surface area contributed by atoms with Crippen molar-refractivity contribution in [2.45, 2.75) is 83.2 Å². The van der Waals surface area contributed by atoms with Gasteiger partial charge in [-0.3, -0.25) is 0 Å². The van der Waals surface area contributed by atoms with E-state index in [0.717, 1.165) is 32.1 Å². The van der Waals surface area contributed by atoms with Crippen LogP contribution in [0.15, 0.2) is 0 Å². The van der Waals surface area contributed by atoms with Crippen molar-refractivity contribution in [3.8, 4) is 0 Å². The molecule has 0 saturated heterocycles. The highest BCUT2D eigenvalue weighted by Crippen LogP contribution is 2.50. The Morgan fingerprint density at radius 2 is 1.20 bits per heavy atom. The summed E-state index contributed by atoms with van der Waals surface area (Å²) in [6.45, 7) is 4.29. The minimum atomic E-state index is -0.484. The van der Waals surface area contributed by atoms with Crippen molar-refractivity contribution in [1.29, 1.82) is 0 Å². The normalized spacial score (nSPS) is 45.9. The van der Waals surface area contributed by atoms with E-state index >= 15 is 0 Å². The maximum Gasteiger partial charge on any atom is 0.0598 e. The average molecular weight is 286 g/mol. The molecular formula is C16H30O4. The van der Waals surface area contributed by atoms with Crippen LogP contribution < -0.4 is 0 Å². The molecule has 0 bridgehead atoms. The predicted octanol–water partition coefficient (Wildman–Crippen LogP) is 1.45. The molecule has 4 nitrogen and oxygen atoms in total. The van der Waals surface area contributed by atoms with Crippen LogP contribution in [0.4, 0.5) is 0 Å². The zero-order valence-corrected chi connectivity index (χ0v) is 12.7. The quantitative estimate of drug-likeness (QED) is 0.633. The lowest BCUT2D eigenvalue weighted by Crippen LogP contribution is -2.50. The molecule has 0 aromatic rings. The first-order chi connectivity index (χ1) is 9.38. The van der Waals surface area contributed by atoms with Gasteiger partial charge in [0, 0.05) is 0 Å². The third-order valence-electron chi connectivity index (χ3n) is 6.03. The van der Waals surface area contributed by atoms with E-state index in [1.165, 1.54) is 0 Å². The average Bonchev–Trinajstić information content (AvgIpc) is 2.37. The van der Waals surface area contributed by atoms with E-state index in [2.05, 4.69) is 13.8 Å². The van der Waals surface area contributed by atoms with Crippen LogP contribution >= 0.6 is 0 Å². The van der Waals surface area contributed by atoms with Crippen LogP contribution in [0.2, 0.25) is 0 Å². The van der Waals surface area contributed by atoms with Gasteiger partial charge in [0.2, 0.25) is 0 Å². The Morgan fingerprint density at radius 3 is 1.50 bits per heavy atom. The topological polar surface area (TPSA) is 80.9 Å². The zero-order chi connectivity index (χ0) is 14.9. The first kappa shape index (κ1) is 16.2. The van der Waals surface area contributed by atoms with E-state index < -0.39 is 12.2 Å². The molecule has 0 aliphatic heterocycles. The van der Waals surface area contributed by atoms with E-state index in [0.29, 0.717) is 12.8 Å². The third kappa shape index (κ3) is 3.03. The van der Waals surface area contributed by atoms with Crippen molar-refractivity contribution >= 4 is 0 Å². The summed E-state index contributed by atoms with van der Waals surface area (Å²) in [5.41, 5.74) is -0.126. The van der Waals surface area contributed by atoms with Gasteiger partial charge in [0.05, 0.1) is 24.4 Å². The first-order valence-electron chi connectivity index (χ1n) is 8.10. The molecule has 0 amide bonds. The van der Waals surface area contributed by atoms with Crippen LogP contribution in [0.3, 0.4) is 0 Å². The largest absolute Gasteiger partial charge is 0.393 e. The third-order valence-corrected chi connectivity index (χ3v) is 6.03. The molecule has 0 radical (unpaired) electrons. The lowest BCUT2D eigenvalue weighted by atomic mass is 9.57. The number of aliphatic hydroxyl groups excluding tert-OH is 4. The van der Waals surface area contributed by atoms with Crippen LogP contribution in [-0.4, -0.2) is 44.8 Å². The molecule has 2 saturated carbocycles. The van der Waals surface area contributed by atoms with Crippen LogP contribution in [-0.2, 0) is 0 Å². The van der Waals surface area contributed by atoms with Crippen LogP contribution in [0.1, 0.15) is 58.8 Å². The minimum absolute atomic E-state index is 0.126. The van der Waals surface area contributed by atoms with E-state index in [1.54, 1.807) is 0 Å². The molecule has 20 heavy (non-hydrogen) atoms. The summed E-state index contributed by atoms with van der Waals surface area (Å²) in [4.78, 5) is 0. The molecule has 6 atom stereocenters. The van der Waals surface area contributed by atoms with Crippen molar-refractivity contribution < 1.29 is 20.4 Å². The highest BCUT2D eigenvalue weighted by molar-refractivity contribution is 4.98. The molecule has 0 heterocycles. The van der Waals surface area contributed by atoms with Crippen LogP contribution in [0.5, 0.6) is 0 Å². The Balaban J connectivity index is 2.15. The fourth-order valence-corrected chi connectivity index (χ4v) is 4.59. The second-order valence-electron chi connectivity index (χ2n) is 7.14. The SMILES string of the molecule is CCC(C)(C1CCC(O)CC1O)C1CCC(O)CC1O. The summed E-state index contributed by atoms with van der Waals surface area (Å²) >= 11 is 0. The molecule has 4 heteroatoms. The van der Waals surface area contributed by atoms with Crippen molar-refractivity contribution in [2.75, 3.05) is 0 Å². The van der Waals surface area contributed by atoms with Gasteiger partial charge in [0.15, 0.2) is 0 Å². The molecule has 0 aromatic heterocycles. The smallest absolute Gasteiger partial charge is 0.0598 e. The van der Waals surface area contributed by atoms with E-state index in [9.17, 15) is 20.4 Å². The van der Waals surface area contributed by atoms with Gasteiger partial charge in [-0.25, -0.2) is 0 Å². The molecule has 4 N–H and O–H groups in total. The molecule has 2 aliphatic rings. The van der Waals surface area contributed by atoms with E-state index in [1.807, 2.05) is 0 Å². The lowest BCUT2D eigenvalue weighted by Gasteiger charge is -2.51. The second kappa shape index (κ2) is 6.30. The fraction of sp³-hybridized carbons (Fsp3) is 1.00. The Bertz CT molecular complexity index is 294. The molecule has 2 fully saturated rings. The van der Waals surface area contributed by atoms with Gasteiger partial charge in [-0.15, -0.1) is 0 Å². The molecule has 0 spiro atoms. The van der Waals surface area contributed by atoms with Crippen LogP contribution in [0, 0.1) is 17.3 Å². The van der Waals surface area contributed by atoms with E-state index in [4.69, 9.17) is 0 Å². The highest BCUT2D eigenvalue weighted by atomic mass is 16.3. The summed E-state index contributed by atoms with van der Waals surface area (Å²) in [7, 11) is 0. The molecular weight excluding hydrogens is 256 g/mol. The Kier molecular flexibility index (Phi) is 5.11. The number of aliphatic hydroxyl groups is 4. The highest BCUT2D eigenvalue weighted by Gasteiger charge is 2.48. The van der Waals surface area contributed by atoms with Gasteiger partial charge in [0.1, 0.15) is 0 Å². The number of hydrogen-bond acceptors (Lipinski definition) is 4. The summed E-state index contributed by atoms with van der Waals surface area (Å²) in [5, 5.41) is 40.1. The summed E-state index contributed by atoms with van der Waals surface area (Å²) in [6.07, 6.45) is 3.18. The number of hydrogen-bond donors (Lipinski definition) is 4. The zero-order valence-electron chi connectivity index (χ0n) is 12.7. The second-order valence-corrected chi connectivity index (χ2v) is 7.14. The Labute approximate surface area is 121 Å². The Hall–Kier alpha value is -0.160. The van der Waals surface area contributed by atoms with Crippen molar-refractivity contribution in [3.63, 3.8) is 0 Å². The summed E-state index contributed by atoms with van der Waals surface area (Å²) in [6, 6.07) is 0. The van der Waals surface area contributed by atoms with Gasteiger partial charge >= 0.3 is 0 Å². The molecule has 2 rings (SSSR count). The summed E-state index contributed by atoms with van der Waals surface area (Å²) in [5.74, 6) is 0.261. The van der Waals surface area contributed by atoms with Gasteiger partial charge in [-0.2, -0.15) is 0 Å². The monoisotopic (exact) mass is 286 g/mol. The van der Waals surface area contributed by atoms with Gasteiger partial charge in [-0.05, 0) is 55.8 Å². The van der Waals surface area contributed by atoms with Crippen LogP contribution in [0.25, 0.3) is 0 Å². The molecule has 6 unspecified atom stereocenters. The summed E-state index contributed by atoms with van der Waals surface area (Å²) < 4.78 is 0. The minimum Gasteiger partial charge on any atom is -0.393 e. The maximum absolute atomic E-state index is 10.4. The van der Waals surface area contributed by atoms with Crippen molar-refractivity contribution in [3.05, 3.63) is 0 Å². The molecule has 0 aromatic carbocycles. The van der Waals surface area contributed by atoms with Crippen molar-refractivity contribution in [1.82, 2.24) is 0 Å². The van der Waals surface area contributed by atoms with Crippen molar-refractivity contribution in [2.24, 2.45) is 17.3 Å². The van der Waals surface area contributed by atoms with Gasteiger partial charge in [0.25, 0.3) is 0 Å². The number of rotatable bonds is 3. The predicted molar refractivity (Wildman–Crippen MR) is 77.1 cm³/mol. The van der Waals surface area contributed by atoms with E-state index in [-0.39, 0.29) is 29.5 Å². The Morgan fingerprint density at radius 1 is 0.800 bits per heavy atom. The van der Waals surface area contributed by atoms with Gasteiger partial charge < -0.3 is 20.4 Å². The fourth-order valence-electron chi connectivity index (χ4n) is 4.59. The van der Waals surface area contributed by atoms with Gasteiger partial charge in [-0.1, -0.05) is 20.3 Å². The lowest BCUT2D eigenvalue weighted by molar-refractivity contribution is -0.115. The molecule has 2 aliphatic carbocycles. The maximum atomic E-state index is 10.4. The standard InChI is InChI=1S/C16H30O4/c1-3-16(2,12-6-4-10(17)8-14(12)19)13-7-5-11(18)9-15(13)20/h10-15,17-20H,3-9H2,1-2H3.